The molecule has 13 heteroatoms. The standard InChI is InChI=1S/C44H51N12.Mn/c1-9-53-25-21-49(5)41(53)37-29-13-15-31(45-29)38(42-50(6)22-26-54(42)10-2)33-17-19-35(47-33)40(44-52(8)24-28-56(44)12-4)36-20-18-34(48-36)39(32-16-14-30(37)46-32)43-51(7)23-27-55(43)11-3;/h13-28,41-43H,9-12H2,1-8H3;/q-1;+2. The summed E-state index contributed by atoms with van der Waals surface area (Å²) in [5.74, 6) is 1.05. The molecule has 293 valence electrons. The van der Waals surface area contributed by atoms with Crippen molar-refractivity contribution in [1.29, 1.82) is 0 Å². The van der Waals surface area contributed by atoms with E-state index in [4.69, 9.17) is 19.9 Å². The van der Waals surface area contributed by atoms with E-state index in [1.54, 1.807) is 0 Å². The van der Waals surface area contributed by atoms with Crippen molar-refractivity contribution in [2.24, 2.45) is 7.05 Å². The molecule has 5 aliphatic heterocycles. The van der Waals surface area contributed by atoms with Crippen LogP contribution in [0.2, 0.25) is 0 Å². The summed E-state index contributed by atoms with van der Waals surface area (Å²) in [6.07, 6.45) is 25.6. The molecule has 0 N–H and O–H groups in total. The van der Waals surface area contributed by atoms with E-state index in [1.165, 1.54) is 0 Å². The number of aryl methyl sites for hydroxylation is 2. The maximum absolute atomic E-state index is 5.54. The fourth-order valence-electron chi connectivity index (χ4n) is 8.98. The molecule has 4 aromatic rings. The van der Waals surface area contributed by atoms with Gasteiger partial charge in [-0.25, -0.2) is 19.1 Å². The van der Waals surface area contributed by atoms with Gasteiger partial charge in [0.05, 0.1) is 41.9 Å². The number of imidazole rings is 1. The van der Waals surface area contributed by atoms with E-state index in [1.807, 2.05) is 0 Å². The van der Waals surface area contributed by atoms with E-state index in [0.717, 1.165) is 99.1 Å². The molecule has 1 radical (unpaired) electrons. The van der Waals surface area contributed by atoms with Crippen molar-refractivity contribution in [2.75, 3.05) is 40.8 Å². The minimum atomic E-state index is -0.0853. The topological polar surface area (TPSA) is 82.2 Å². The van der Waals surface area contributed by atoms with Crippen LogP contribution in [0, 0.1) is 0 Å². The van der Waals surface area contributed by atoms with Gasteiger partial charge >= 0.3 is 17.1 Å². The third-order valence-electron chi connectivity index (χ3n) is 11.8. The van der Waals surface area contributed by atoms with Crippen LogP contribution in [0.5, 0.6) is 0 Å². The van der Waals surface area contributed by atoms with Gasteiger partial charge in [0.25, 0.3) is 5.82 Å². The summed E-state index contributed by atoms with van der Waals surface area (Å²) in [7, 11) is 8.50. The average Bonchev–Trinajstić information content (AvgIpc) is 4.06. The maximum Gasteiger partial charge on any atom is 2.00 e. The Bertz CT molecular complexity index is 2490. The Morgan fingerprint density at radius 3 is 1.35 bits per heavy atom. The SMILES string of the molecule is CCN1C=CN(C)C1c1c2nc(c(C3N(C)C=CN3CC)c3ccc([n-]3)c(C3N(C)C=CN3CC)c3nc(c(-c4n(CC)cc[n+]4C)c4ccc1[n-]4)C=C3)C=C2.[Mn+2]. The molecule has 8 bridgehead atoms. The Labute approximate surface area is 345 Å². The van der Waals surface area contributed by atoms with Gasteiger partial charge in [0.15, 0.2) is 0 Å². The summed E-state index contributed by atoms with van der Waals surface area (Å²) in [5, 5.41) is 0. The molecule has 0 saturated carbocycles. The molecule has 0 fully saturated rings. The third-order valence-corrected chi connectivity index (χ3v) is 11.8. The number of rotatable bonds is 8. The van der Waals surface area contributed by atoms with Crippen LogP contribution >= 0.6 is 0 Å². The van der Waals surface area contributed by atoms with Crippen LogP contribution in [0.1, 0.15) is 85.7 Å². The molecule has 9 heterocycles. The molecule has 0 aromatic carbocycles. The summed E-state index contributed by atoms with van der Waals surface area (Å²) < 4.78 is 4.45. The van der Waals surface area contributed by atoms with Crippen molar-refractivity contribution < 1.29 is 21.6 Å². The molecule has 3 unspecified atom stereocenters. The monoisotopic (exact) mass is 802 g/mol. The quantitative estimate of drug-likeness (QED) is 0.127. The summed E-state index contributed by atoms with van der Waals surface area (Å²) in [6, 6.07) is 8.67. The molecule has 57 heavy (non-hydrogen) atoms. The Kier molecular flexibility index (Phi) is 10.1. The first-order chi connectivity index (χ1) is 27.2. The Morgan fingerprint density at radius 2 is 0.930 bits per heavy atom. The Morgan fingerprint density at radius 1 is 0.544 bits per heavy atom. The minimum absolute atomic E-state index is 0. The molecular formula is C44H51MnN12+. The first-order valence-electron chi connectivity index (χ1n) is 19.8. The number of nitrogens with zero attached hydrogens (tertiary/aromatic N) is 12. The van der Waals surface area contributed by atoms with Crippen LogP contribution in [0.3, 0.4) is 0 Å². The van der Waals surface area contributed by atoms with E-state index >= 15 is 0 Å². The number of fused-ring (bicyclic) bond motifs is 8. The first kappa shape index (κ1) is 38.2. The van der Waals surface area contributed by atoms with Crippen molar-refractivity contribution in [1.82, 2.24) is 53.9 Å². The zero-order chi connectivity index (χ0) is 38.8. The second-order valence-electron chi connectivity index (χ2n) is 15.0. The molecule has 12 nitrogen and oxygen atoms in total. The summed E-state index contributed by atoms with van der Waals surface area (Å²) in [6.45, 7) is 12.1. The van der Waals surface area contributed by atoms with Crippen molar-refractivity contribution >= 4 is 46.4 Å². The van der Waals surface area contributed by atoms with Gasteiger partial charge in [-0.1, -0.05) is 24.3 Å². The van der Waals surface area contributed by atoms with E-state index in [9.17, 15) is 0 Å². The van der Waals surface area contributed by atoms with Gasteiger partial charge in [-0.15, -0.1) is 22.1 Å². The van der Waals surface area contributed by atoms with Crippen molar-refractivity contribution in [3.05, 3.63) is 113 Å². The normalized spacial score (nSPS) is 19.7. The molecule has 0 amide bonds. The summed E-state index contributed by atoms with van der Waals surface area (Å²) >= 11 is 0. The minimum Gasteiger partial charge on any atom is -0.657 e. The zero-order valence-corrected chi connectivity index (χ0v) is 35.2. The summed E-state index contributed by atoms with van der Waals surface area (Å²) in [5.41, 5.74) is 11.3. The Balaban J connectivity index is 0.00000455. The van der Waals surface area contributed by atoms with Crippen LogP contribution in [0.4, 0.5) is 0 Å². The second kappa shape index (κ2) is 15.0. The van der Waals surface area contributed by atoms with Crippen LogP contribution in [-0.4, -0.2) is 84.7 Å². The predicted molar refractivity (Wildman–Crippen MR) is 223 cm³/mol. The van der Waals surface area contributed by atoms with Crippen molar-refractivity contribution in [2.45, 2.75) is 52.7 Å². The molecule has 4 aromatic heterocycles. The Hall–Kier alpha value is -5.65. The van der Waals surface area contributed by atoms with E-state index < -0.39 is 0 Å². The molecule has 9 rings (SSSR count). The number of hydrogen-bond donors (Lipinski definition) is 0. The van der Waals surface area contributed by atoms with Crippen molar-refractivity contribution in [3.63, 3.8) is 0 Å². The van der Waals surface area contributed by atoms with Crippen molar-refractivity contribution in [3.8, 4) is 11.4 Å². The number of aromatic nitrogens is 6. The van der Waals surface area contributed by atoms with Crippen LogP contribution in [-0.2, 0) is 30.7 Å². The molecule has 5 aliphatic rings. The van der Waals surface area contributed by atoms with Crippen LogP contribution in [0.25, 0.3) is 57.8 Å². The van der Waals surface area contributed by atoms with E-state index in [0.29, 0.717) is 0 Å². The van der Waals surface area contributed by atoms with E-state index in [2.05, 4.69) is 193 Å². The fraction of sp³-hybridized carbons (Fsp3) is 0.341. The molecule has 0 spiro atoms. The molecule has 3 atom stereocenters. The van der Waals surface area contributed by atoms with Gasteiger partial charge in [0, 0.05) is 94.7 Å². The largest absolute Gasteiger partial charge is 2.00 e. The molecular weight excluding hydrogens is 752 g/mol. The predicted octanol–water partition coefficient (Wildman–Crippen LogP) is 6.44. The van der Waals surface area contributed by atoms with Crippen LogP contribution in [0.15, 0.2) is 73.9 Å². The zero-order valence-electron chi connectivity index (χ0n) is 34.0. The van der Waals surface area contributed by atoms with Gasteiger partial charge in [0.1, 0.15) is 30.9 Å². The number of hydrogen-bond acceptors (Lipinski definition) is 8. The molecule has 0 saturated heterocycles. The van der Waals surface area contributed by atoms with Gasteiger partial charge in [-0.3, -0.25) is 0 Å². The van der Waals surface area contributed by atoms with E-state index in [-0.39, 0.29) is 35.6 Å². The smallest absolute Gasteiger partial charge is 0.657 e. The molecule has 0 aliphatic carbocycles. The summed E-state index contributed by atoms with van der Waals surface area (Å²) in [4.78, 5) is 36.0. The van der Waals surface area contributed by atoms with Gasteiger partial charge < -0.3 is 39.4 Å². The van der Waals surface area contributed by atoms with Gasteiger partial charge in [0.2, 0.25) is 0 Å². The maximum atomic E-state index is 5.54. The van der Waals surface area contributed by atoms with Gasteiger partial charge in [-0.05, 0) is 52.0 Å². The van der Waals surface area contributed by atoms with Gasteiger partial charge in [-0.2, -0.15) is 0 Å². The second-order valence-corrected chi connectivity index (χ2v) is 15.0. The first-order valence-corrected chi connectivity index (χ1v) is 19.8. The third kappa shape index (κ3) is 6.15. The fourth-order valence-corrected chi connectivity index (χ4v) is 8.98. The average molecular weight is 803 g/mol. The van der Waals surface area contributed by atoms with Crippen LogP contribution < -0.4 is 14.5 Å².